The minimum atomic E-state index is -0.271. The van der Waals surface area contributed by atoms with Gasteiger partial charge in [0, 0.05) is 11.1 Å². The third-order valence-electron chi connectivity index (χ3n) is 6.53. The van der Waals surface area contributed by atoms with E-state index in [1.807, 2.05) is 48.5 Å². The molecule has 0 bridgehead atoms. The molecule has 6 heteroatoms. The van der Waals surface area contributed by atoms with Gasteiger partial charge in [0.15, 0.2) is 46.1 Å². The average Bonchev–Trinajstić information content (AvgIpc) is 3.09. The van der Waals surface area contributed by atoms with Crippen LogP contribution in [0.3, 0.4) is 0 Å². The molecule has 4 aliphatic rings. The molecular weight excluding hydrogens is 430 g/mol. The van der Waals surface area contributed by atoms with Crippen LogP contribution in [0.2, 0.25) is 0 Å². The first-order valence-corrected chi connectivity index (χ1v) is 10.9. The number of ketones is 2. The van der Waals surface area contributed by atoms with E-state index in [2.05, 4.69) is 4.90 Å². The fourth-order valence-electron chi connectivity index (χ4n) is 5.10. The van der Waals surface area contributed by atoms with E-state index in [1.54, 1.807) is 30.3 Å². The zero-order chi connectivity index (χ0) is 22.6. The van der Waals surface area contributed by atoms with Crippen molar-refractivity contribution in [3.8, 4) is 34.5 Å². The largest absolute Gasteiger partial charge is 0.453 e. The van der Waals surface area contributed by atoms with E-state index in [0.717, 1.165) is 17.1 Å². The number of para-hydroxylation sites is 2. The maximum atomic E-state index is 12.9. The van der Waals surface area contributed by atoms with Crippen LogP contribution >= 0.6 is 0 Å². The van der Waals surface area contributed by atoms with Crippen LogP contribution in [-0.4, -0.2) is 11.6 Å². The molecule has 0 aromatic heterocycles. The van der Waals surface area contributed by atoms with Gasteiger partial charge in [-0.15, -0.1) is 0 Å². The molecule has 0 amide bonds. The van der Waals surface area contributed by atoms with E-state index in [-0.39, 0.29) is 17.1 Å². The van der Waals surface area contributed by atoms with Crippen LogP contribution in [-0.2, 0) is 0 Å². The fourth-order valence-corrected chi connectivity index (χ4v) is 5.10. The summed E-state index contributed by atoms with van der Waals surface area (Å²) in [6, 6.07) is 21.9. The number of anilines is 3. The zero-order valence-corrected chi connectivity index (χ0v) is 17.5. The van der Waals surface area contributed by atoms with Gasteiger partial charge in [0.25, 0.3) is 0 Å². The molecule has 6 nitrogen and oxygen atoms in total. The lowest BCUT2D eigenvalue weighted by Gasteiger charge is -2.41. The highest BCUT2D eigenvalue weighted by molar-refractivity contribution is 6.41. The van der Waals surface area contributed by atoms with Crippen molar-refractivity contribution in [2.24, 2.45) is 0 Å². The number of carbonyl (C=O) groups excluding carboxylic acids is 2. The van der Waals surface area contributed by atoms with Gasteiger partial charge in [0.05, 0.1) is 5.57 Å². The van der Waals surface area contributed by atoms with E-state index < -0.39 is 0 Å². The smallest absolute Gasteiger partial charge is 0.197 e. The first-order chi connectivity index (χ1) is 16.7. The molecule has 0 fully saturated rings. The third-order valence-corrected chi connectivity index (χ3v) is 6.53. The van der Waals surface area contributed by atoms with Gasteiger partial charge in [-0.3, -0.25) is 14.5 Å². The van der Waals surface area contributed by atoms with E-state index in [1.165, 1.54) is 0 Å². The van der Waals surface area contributed by atoms with E-state index in [4.69, 9.17) is 14.2 Å². The Bertz CT molecular complexity index is 1570. The van der Waals surface area contributed by atoms with Crippen LogP contribution in [0, 0.1) is 0 Å². The summed E-state index contributed by atoms with van der Waals surface area (Å²) in [7, 11) is 0. The predicted molar refractivity (Wildman–Crippen MR) is 124 cm³/mol. The Morgan fingerprint density at radius 1 is 0.559 bits per heavy atom. The van der Waals surface area contributed by atoms with Gasteiger partial charge in [-0.2, -0.15) is 0 Å². The van der Waals surface area contributed by atoms with Gasteiger partial charge < -0.3 is 14.2 Å². The van der Waals surface area contributed by atoms with Crippen LogP contribution in [0.1, 0.15) is 26.3 Å². The summed E-state index contributed by atoms with van der Waals surface area (Å²) in [5, 5.41) is 0. The van der Waals surface area contributed by atoms with Crippen molar-refractivity contribution >= 4 is 34.7 Å². The molecule has 0 N–H and O–H groups in total. The Labute approximate surface area is 193 Å². The lowest BCUT2D eigenvalue weighted by Crippen LogP contribution is -2.23. The first-order valence-electron chi connectivity index (χ1n) is 10.9. The number of hydrogen-bond donors (Lipinski definition) is 0. The van der Waals surface area contributed by atoms with Crippen molar-refractivity contribution in [3.05, 3.63) is 95.1 Å². The maximum Gasteiger partial charge on any atom is 0.197 e. The molecule has 8 rings (SSSR count). The minimum Gasteiger partial charge on any atom is -0.453 e. The second kappa shape index (κ2) is 5.94. The van der Waals surface area contributed by atoms with Crippen LogP contribution in [0.5, 0.6) is 34.5 Å². The highest BCUT2D eigenvalue weighted by Gasteiger charge is 2.41. The maximum absolute atomic E-state index is 12.9. The molecule has 3 heterocycles. The van der Waals surface area contributed by atoms with Gasteiger partial charge >= 0.3 is 0 Å². The summed E-state index contributed by atoms with van der Waals surface area (Å²) >= 11 is 0. The number of allylic oxidation sites excluding steroid dienone is 1. The highest BCUT2D eigenvalue weighted by atomic mass is 16.5. The van der Waals surface area contributed by atoms with Crippen molar-refractivity contribution in [2.45, 2.75) is 0 Å². The summed E-state index contributed by atoms with van der Waals surface area (Å²) in [6.45, 7) is 0. The molecule has 4 aromatic carbocycles. The molecule has 0 saturated carbocycles. The van der Waals surface area contributed by atoms with Gasteiger partial charge in [-0.1, -0.05) is 36.4 Å². The van der Waals surface area contributed by atoms with Crippen molar-refractivity contribution in [1.29, 1.82) is 0 Å². The van der Waals surface area contributed by atoms with Crippen molar-refractivity contribution in [1.82, 2.24) is 0 Å². The minimum absolute atomic E-state index is 0.136. The van der Waals surface area contributed by atoms with Gasteiger partial charge in [0.1, 0.15) is 17.1 Å². The molecular formula is C28H13NO5. The number of carbonyl (C=O) groups is 2. The molecule has 0 spiro atoms. The number of fused-ring (bicyclic) bond motifs is 1. The zero-order valence-electron chi connectivity index (χ0n) is 17.5. The van der Waals surface area contributed by atoms with E-state index >= 15 is 0 Å². The topological polar surface area (TPSA) is 65.1 Å². The monoisotopic (exact) mass is 443 g/mol. The Morgan fingerprint density at radius 2 is 1.00 bits per heavy atom. The molecule has 0 unspecified atom stereocenters. The summed E-state index contributed by atoms with van der Waals surface area (Å²) in [5.74, 6) is 3.32. The second-order valence-electron chi connectivity index (χ2n) is 8.48. The second-order valence-corrected chi connectivity index (χ2v) is 8.48. The number of ether oxygens (including phenoxy) is 3. The fraction of sp³-hybridized carbons (Fsp3) is 0. The van der Waals surface area contributed by atoms with Crippen molar-refractivity contribution in [2.75, 3.05) is 4.90 Å². The normalized spacial score (nSPS) is 15.2. The quantitative estimate of drug-likeness (QED) is 0.202. The molecule has 0 radical (unpaired) electrons. The van der Waals surface area contributed by atoms with Gasteiger partial charge in [0.2, 0.25) is 0 Å². The molecule has 1 aliphatic carbocycles. The average molecular weight is 443 g/mol. The lowest BCUT2D eigenvalue weighted by molar-refractivity contribution is 0.0990. The van der Waals surface area contributed by atoms with Crippen molar-refractivity contribution < 1.29 is 23.8 Å². The summed E-state index contributed by atoms with van der Waals surface area (Å²) in [5.41, 5.74) is 4.05. The van der Waals surface area contributed by atoms with Gasteiger partial charge in [-0.05, 0) is 48.0 Å². The predicted octanol–water partition coefficient (Wildman–Crippen LogP) is 6.94. The molecule has 160 valence electrons. The molecule has 0 saturated heterocycles. The highest BCUT2D eigenvalue weighted by Crippen LogP contribution is 2.66. The number of rotatable bonds is 1. The van der Waals surface area contributed by atoms with Crippen LogP contribution in [0.25, 0.3) is 6.08 Å². The van der Waals surface area contributed by atoms with E-state index in [9.17, 15) is 9.59 Å². The molecule has 4 aromatic rings. The summed E-state index contributed by atoms with van der Waals surface area (Å²) < 4.78 is 18.7. The van der Waals surface area contributed by atoms with Crippen LogP contribution < -0.4 is 19.1 Å². The van der Waals surface area contributed by atoms with Crippen LogP contribution in [0.4, 0.5) is 17.1 Å². The van der Waals surface area contributed by atoms with Crippen molar-refractivity contribution in [3.63, 3.8) is 0 Å². The Balaban J connectivity index is 1.34. The van der Waals surface area contributed by atoms with Crippen LogP contribution in [0.15, 0.2) is 78.4 Å². The molecule has 34 heavy (non-hydrogen) atoms. The summed E-state index contributed by atoms with van der Waals surface area (Å²) in [6.07, 6.45) is 1.62. The van der Waals surface area contributed by atoms with Gasteiger partial charge in [-0.25, -0.2) is 0 Å². The Hall–Kier alpha value is -4.84. The number of benzene rings is 4. The third kappa shape index (κ3) is 2.10. The number of Topliss-reactive ketones (excluding diaryl/α,β-unsaturated/α-hetero) is 2. The standard InChI is InChI=1S/C28H13NO5/c30-27-15-5-1-2-6-16(15)28(31)17(27)11-14-12-22-26-23(13-14)34-21-10-4-8-19-25(21)29(26)24-18(32-19)7-3-9-20(24)33-22/h1-13H. The lowest BCUT2D eigenvalue weighted by atomic mass is 10.0. The number of hydrogen-bond acceptors (Lipinski definition) is 6. The molecule has 3 aliphatic heterocycles. The molecule has 0 atom stereocenters. The SMILES string of the molecule is O=C1C(=Cc2cc3c4c(c2)Oc2cccc5c2N4c2c(cccc2O3)O5)C(=O)c2ccccc21. The van der Waals surface area contributed by atoms with E-state index in [0.29, 0.717) is 51.2 Å². The summed E-state index contributed by atoms with van der Waals surface area (Å²) in [4.78, 5) is 27.9. The Kier molecular flexibility index (Phi) is 3.09. The Morgan fingerprint density at radius 3 is 1.50 bits per heavy atom. The first kappa shape index (κ1) is 17.7. The number of nitrogens with zero attached hydrogens (tertiary/aromatic N) is 1.